The van der Waals surface area contributed by atoms with E-state index in [1.54, 1.807) is 0 Å². The summed E-state index contributed by atoms with van der Waals surface area (Å²) in [5.74, 6) is 0.818. The summed E-state index contributed by atoms with van der Waals surface area (Å²) in [7, 11) is 0. The Labute approximate surface area is 159 Å². The Morgan fingerprint density at radius 3 is 2.04 bits per heavy atom. The molecule has 0 amide bonds. The molecular weight excluding hydrogens is 320 g/mol. The van der Waals surface area contributed by atoms with Crippen molar-refractivity contribution in [3.05, 3.63) is 63.5 Å². The summed E-state index contributed by atoms with van der Waals surface area (Å²) in [6, 6.07) is 4.13. The molecule has 0 saturated heterocycles. The van der Waals surface area contributed by atoms with Gasteiger partial charge < -0.3 is 10.2 Å². The lowest BCUT2D eigenvalue weighted by atomic mass is 9.83. The van der Waals surface area contributed by atoms with Crippen LogP contribution >= 0.6 is 0 Å². The average molecular weight is 355 g/mol. The second-order valence-electron chi connectivity index (χ2n) is 9.73. The Kier molecular flexibility index (Phi) is 5.46. The molecule has 2 heteroatoms. The Morgan fingerprint density at radius 1 is 0.885 bits per heavy atom. The molecule has 0 saturated carbocycles. The minimum absolute atomic E-state index is 0.0977. The fourth-order valence-electron chi connectivity index (χ4n) is 3.60. The maximum Gasteiger partial charge on any atom is 0.122 e. The van der Waals surface area contributed by atoms with Crippen LogP contribution in [0.2, 0.25) is 0 Å². The molecule has 1 aliphatic carbocycles. The molecule has 0 atom stereocenters. The van der Waals surface area contributed by atoms with E-state index in [0.717, 1.165) is 33.4 Å². The predicted molar refractivity (Wildman–Crippen MR) is 111 cm³/mol. The van der Waals surface area contributed by atoms with Crippen molar-refractivity contribution in [3.63, 3.8) is 0 Å². The molecule has 26 heavy (non-hydrogen) atoms. The van der Waals surface area contributed by atoms with Crippen LogP contribution in [0, 0.1) is 12.3 Å². The molecule has 1 aromatic rings. The van der Waals surface area contributed by atoms with Crippen LogP contribution in [-0.4, -0.2) is 10.2 Å². The van der Waals surface area contributed by atoms with Gasteiger partial charge in [-0.3, -0.25) is 0 Å². The predicted octanol–water partition coefficient (Wildman–Crippen LogP) is 6.68. The van der Waals surface area contributed by atoms with E-state index >= 15 is 0 Å². The minimum Gasteiger partial charge on any atom is -0.512 e. The highest BCUT2D eigenvalue weighted by molar-refractivity contribution is 5.49. The van der Waals surface area contributed by atoms with Crippen LogP contribution in [-0.2, 0) is 11.8 Å². The molecule has 2 nitrogen and oxygen atoms in total. The monoisotopic (exact) mass is 354 g/mol. The molecule has 0 bridgehead atoms. The van der Waals surface area contributed by atoms with Gasteiger partial charge in [-0.25, -0.2) is 0 Å². The van der Waals surface area contributed by atoms with Crippen molar-refractivity contribution in [2.45, 2.75) is 73.6 Å². The van der Waals surface area contributed by atoms with Crippen molar-refractivity contribution < 1.29 is 10.2 Å². The van der Waals surface area contributed by atoms with Crippen LogP contribution in [0.3, 0.4) is 0 Å². The van der Waals surface area contributed by atoms with Gasteiger partial charge in [0.05, 0.1) is 5.76 Å². The summed E-state index contributed by atoms with van der Waals surface area (Å²) >= 11 is 0. The number of aliphatic hydroxyl groups is 1. The van der Waals surface area contributed by atoms with Gasteiger partial charge in [-0.2, -0.15) is 0 Å². The van der Waals surface area contributed by atoms with E-state index in [2.05, 4.69) is 79.7 Å². The molecule has 0 unspecified atom stereocenters. The number of rotatable bonds is 2. The van der Waals surface area contributed by atoms with Gasteiger partial charge in [0.2, 0.25) is 0 Å². The third-order valence-electron chi connectivity index (χ3n) is 4.88. The third kappa shape index (κ3) is 4.60. The van der Waals surface area contributed by atoms with Gasteiger partial charge in [-0.15, -0.1) is 0 Å². The Bertz CT molecular complexity index is 791. The number of phenolic OH excluding ortho intramolecular Hbond substituents is 1. The number of aliphatic hydroxyl groups excluding tert-OH is 1. The maximum absolute atomic E-state index is 10.8. The van der Waals surface area contributed by atoms with E-state index in [0.29, 0.717) is 24.4 Å². The van der Waals surface area contributed by atoms with Crippen molar-refractivity contribution >= 4 is 0 Å². The van der Waals surface area contributed by atoms with E-state index in [1.807, 2.05) is 0 Å². The number of benzene rings is 1. The molecular formula is C24H34O2. The van der Waals surface area contributed by atoms with Crippen molar-refractivity contribution in [3.8, 4) is 5.75 Å². The highest BCUT2D eigenvalue weighted by Crippen LogP contribution is 2.38. The Balaban J connectivity index is 2.43. The molecule has 1 aliphatic rings. The lowest BCUT2D eigenvalue weighted by molar-refractivity contribution is 0.367. The number of aryl methyl sites for hydroxylation is 1. The summed E-state index contributed by atoms with van der Waals surface area (Å²) in [5.41, 5.74) is 6.10. The SMILES string of the molecule is CC1=CC(C(C)(C)C)=C(O)CC(Cc2cc(C)cc(C(C)(C)C)c2O)=C1. The van der Waals surface area contributed by atoms with Gasteiger partial charge in [-0.1, -0.05) is 82.5 Å². The molecule has 142 valence electrons. The molecule has 0 fully saturated rings. The summed E-state index contributed by atoms with van der Waals surface area (Å²) in [5, 5.41) is 21.5. The smallest absolute Gasteiger partial charge is 0.122 e. The first-order chi connectivity index (χ1) is 11.8. The fourth-order valence-corrected chi connectivity index (χ4v) is 3.60. The van der Waals surface area contributed by atoms with E-state index in [1.165, 1.54) is 0 Å². The number of allylic oxidation sites excluding steroid dienone is 5. The molecule has 1 aromatic carbocycles. The standard InChI is InChI=1S/C24H34O2/c1-15-9-17(14-21(25)19(11-15)23(3,4)5)13-18-10-16(2)12-20(22(18)26)24(6,7)8/h9-12,25-26H,13-14H2,1-8H3. The number of phenols is 1. The maximum atomic E-state index is 10.8. The minimum atomic E-state index is -0.111. The van der Waals surface area contributed by atoms with E-state index in [4.69, 9.17) is 0 Å². The number of hydrogen-bond acceptors (Lipinski definition) is 2. The van der Waals surface area contributed by atoms with Crippen LogP contribution in [0.1, 0.15) is 71.6 Å². The highest BCUT2D eigenvalue weighted by atomic mass is 16.3. The van der Waals surface area contributed by atoms with Crippen molar-refractivity contribution in [2.75, 3.05) is 0 Å². The Hall–Kier alpha value is -1.96. The van der Waals surface area contributed by atoms with Gasteiger partial charge in [0.1, 0.15) is 5.75 Å². The van der Waals surface area contributed by atoms with Crippen LogP contribution in [0.5, 0.6) is 5.75 Å². The summed E-state index contributed by atoms with van der Waals surface area (Å²) in [6.45, 7) is 16.9. The first-order valence-electron chi connectivity index (χ1n) is 9.42. The van der Waals surface area contributed by atoms with E-state index < -0.39 is 0 Å². The normalized spacial score (nSPS) is 16.3. The first kappa shape index (κ1) is 20.4. The molecule has 0 aromatic heterocycles. The van der Waals surface area contributed by atoms with Crippen molar-refractivity contribution in [1.82, 2.24) is 0 Å². The number of aromatic hydroxyl groups is 1. The second-order valence-corrected chi connectivity index (χ2v) is 9.73. The van der Waals surface area contributed by atoms with Crippen LogP contribution in [0.15, 0.2) is 46.8 Å². The number of hydrogen-bond donors (Lipinski definition) is 2. The molecule has 0 heterocycles. The molecule has 0 radical (unpaired) electrons. The van der Waals surface area contributed by atoms with Crippen LogP contribution in [0.25, 0.3) is 0 Å². The topological polar surface area (TPSA) is 40.5 Å². The van der Waals surface area contributed by atoms with Crippen LogP contribution < -0.4 is 0 Å². The summed E-state index contributed by atoms with van der Waals surface area (Å²) < 4.78 is 0. The lowest BCUT2D eigenvalue weighted by Crippen LogP contribution is -2.13. The average Bonchev–Trinajstić information content (AvgIpc) is 2.59. The fraction of sp³-hybridized carbons (Fsp3) is 0.500. The lowest BCUT2D eigenvalue weighted by Gasteiger charge is -2.23. The molecule has 2 N–H and O–H groups in total. The van der Waals surface area contributed by atoms with Gasteiger partial charge in [0.15, 0.2) is 0 Å². The highest BCUT2D eigenvalue weighted by Gasteiger charge is 2.24. The van der Waals surface area contributed by atoms with Crippen LogP contribution in [0.4, 0.5) is 0 Å². The zero-order valence-electron chi connectivity index (χ0n) is 17.6. The van der Waals surface area contributed by atoms with E-state index in [9.17, 15) is 10.2 Å². The summed E-state index contributed by atoms with van der Waals surface area (Å²) in [4.78, 5) is 0. The quantitative estimate of drug-likeness (QED) is 0.622. The largest absolute Gasteiger partial charge is 0.512 e. The molecule has 0 aliphatic heterocycles. The molecule has 2 rings (SSSR count). The van der Waals surface area contributed by atoms with E-state index in [-0.39, 0.29) is 10.8 Å². The van der Waals surface area contributed by atoms with Gasteiger partial charge >= 0.3 is 0 Å². The van der Waals surface area contributed by atoms with Crippen molar-refractivity contribution in [1.29, 1.82) is 0 Å². The molecule has 0 spiro atoms. The summed E-state index contributed by atoms with van der Waals surface area (Å²) in [6.07, 6.45) is 5.40. The van der Waals surface area contributed by atoms with Gasteiger partial charge in [-0.05, 0) is 47.8 Å². The zero-order chi connectivity index (χ0) is 19.9. The van der Waals surface area contributed by atoms with Crippen molar-refractivity contribution in [2.24, 2.45) is 5.41 Å². The third-order valence-corrected chi connectivity index (χ3v) is 4.88. The second kappa shape index (κ2) is 6.98. The van der Waals surface area contributed by atoms with Gasteiger partial charge in [0, 0.05) is 6.42 Å². The van der Waals surface area contributed by atoms with Gasteiger partial charge in [0.25, 0.3) is 0 Å². The Morgan fingerprint density at radius 2 is 1.50 bits per heavy atom. The zero-order valence-corrected chi connectivity index (χ0v) is 17.6. The first-order valence-corrected chi connectivity index (χ1v) is 9.42.